The second-order valence-corrected chi connectivity index (χ2v) is 5.25. The molecule has 20 heavy (non-hydrogen) atoms. The molecule has 0 aliphatic heterocycles. The monoisotopic (exact) mass is 467 g/mol. The van der Waals surface area contributed by atoms with Crippen LogP contribution in [0.15, 0.2) is 6.20 Å². The Bertz CT molecular complexity index is 497. The SMILES string of the molecule is CCOC(=O)Cc1c(I)cnc(CBr)c1OC(F)(F)F. The number of halogens is 5. The predicted octanol–water partition coefficient (Wildman–Crippen LogP) is 3.59. The molecular formula is C11H10BrF3INO3. The highest BCUT2D eigenvalue weighted by molar-refractivity contribution is 14.1. The quantitative estimate of drug-likeness (QED) is 0.377. The lowest BCUT2D eigenvalue weighted by Crippen LogP contribution is -2.21. The van der Waals surface area contributed by atoms with Crippen LogP contribution in [0, 0.1) is 3.57 Å². The molecule has 4 nitrogen and oxygen atoms in total. The van der Waals surface area contributed by atoms with Crippen molar-refractivity contribution in [2.45, 2.75) is 25.0 Å². The summed E-state index contributed by atoms with van der Waals surface area (Å²) in [5, 5.41) is 0.0746. The number of rotatable bonds is 5. The minimum absolute atomic E-state index is 0.0713. The molecule has 1 aromatic rings. The van der Waals surface area contributed by atoms with E-state index in [2.05, 4.69) is 25.7 Å². The van der Waals surface area contributed by atoms with E-state index in [0.29, 0.717) is 3.57 Å². The van der Waals surface area contributed by atoms with Crippen LogP contribution in [0.2, 0.25) is 0 Å². The zero-order valence-corrected chi connectivity index (χ0v) is 14.0. The Morgan fingerprint density at radius 3 is 2.65 bits per heavy atom. The van der Waals surface area contributed by atoms with E-state index < -0.39 is 18.1 Å². The Hall–Kier alpha value is -0.580. The zero-order chi connectivity index (χ0) is 15.3. The highest BCUT2D eigenvalue weighted by Crippen LogP contribution is 2.33. The number of nitrogens with zero attached hydrogens (tertiary/aromatic N) is 1. The maximum atomic E-state index is 12.5. The molecule has 0 aliphatic carbocycles. The van der Waals surface area contributed by atoms with E-state index in [9.17, 15) is 18.0 Å². The van der Waals surface area contributed by atoms with Gasteiger partial charge in [0, 0.05) is 20.7 Å². The molecule has 0 saturated carbocycles. The molecule has 9 heteroatoms. The van der Waals surface area contributed by atoms with E-state index in [0.717, 1.165) is 0 Å². The average molecular weight is 468 g/mol. The first-order valence-corrected chi connectivity index (χ1v) is 7.62. The van der Waals surface area contributed by atoms with Crippen molar-refractivity contribution in [3.8, 4) is 5.75 Å². The summed E-state index contributed by atoms with van der Waals surface area (Å²) in [6, 6.07) is 0. The summed E-state index contributed by atoms with van der Waals surface area (Å²) in [5.41, 5.74) is 0.188. The highest BCUT2D eigenvalue weighted by Gasteiger charge is 2.34. The van der Waals surface area contributed by atoms with Crippen molar-refractivity contribution in [2.75, 3.05) is 6.61 Å². The summed E-state index contributed by atoms with van der Waals surface area (Å²) in [4.78, 5) is 15.4. The molecule has 0 fully saturated rings. The summed E-state index contributed by atoms with van der Waals surface area (Å²) in [6.45, 7) is 1.77. The number of ether oxygens (including phenoxy) is 2. The Morgan fingerprint density at radius 1 is 1.50 bits per heavy atom. The van der Waals surface area contributed by atoms with Crippen molar-refractivity contribution < 1.29 is 27.4 Å². The molecule has 112 valence electrons. The van der Waals surface area contributed by atoms with Crippen LogP contribution in [-0.4, -0.2) is 23.9 Å². The van der Waals surface area contributed by atoms with Crippen LogP contribution in [0.4, 0.5) is 13.2 Å². The Labute approximate surface area is 135 Å². The number of hydrogen-bond donors (Lipinski definition) is 0. The predicted molar refractivity (Wildman–Crippen MR) is 76.6 cm³/mol. The van der Waals surface area contributed by atoms with Crippen molar-refractivity contribution in [3.05, 3.63) is 21.0 Å². The molecular weight excluding hydrogens is 458 g/mol. The molecule has 1 rings (SSSR count). The van der Waals surface area contributed by atoms with Gasteiger partial charge in [-0.3, -0.25) is 9.78 Å². The first-order chi connectivity index (χ1) is 9.28. The fourth-order valence-electron chi connectivity index (χ4n) is 1.41. The van der Waals surface area contributed by atoms with Gasteiger partial charge >= 0.3 is 12.3 Å². The summed E-state index contributed by atoms with van der Waals surface area (Å²) in [5.74, 6) is -1.07. The van der Waals surface area contributed by atoms with Gasteiger partial charge in [0.05, 0.1) is 18.7 Å². The van der Waals surface area contributed by atoms with E-state index in [1.54, 1.807) is 29.5 Å². The number of hydrogen-bond acceptors (Lipinski definition) is 4. The number of carbonyl (C=O) groups excluding carboxylic acids is 1. The van der Waals surface area contributed by atoms with Gasteiger partial charge in [-0.2, -0.15) is 0 Å². The molecule has 0 spiro atoms. The van der Waals surface area contributed by atoms with Crippen LogP contribution in [0.25, 0.3) is 0 Å². The van der Waals surface area contributed by atoms with Crippen LogP contribution in [0.5, 0.6) is 5.75 Å². The number of carbonyl (C=O) groups is 1. The average Bonchev–Trinajstić information content (AvgIpc) is 2.32. The van der Waals surface area contributed by atoms with Gasteiger partial charge in [-0.1, -0.05) is 15.9 Å². The van der Waals surface area contributed by atoms with Gasteiger partial charge in [-0.25, -0.2) is 0 Å². The molecule has 0 aromatic carbocycles. The Morgan fingerprint density at radius 2 is 2.15 bits per heavy atom. The largest absolute Gasteiger partial charge is 0.573 e. The third-order valence-corrected chi connectivity index (χ3v) is 3.59. The van der Waals surface area contributed by atoms with Gasteiger partial charge in [0.25, 0.3) is 0 Å². The van der Waals surface area contributed by atoms with Gasteiger partial charge in [0.15, 0.2) is 5.75 Å². The van der Waals surface area contributed by atoms with Crippen molar-refractivity contribution in [1.29, 1.82) is 0 Å². The van der Waals surface area contributed by atoms with Crippen molar-refractivity contribution >= 4 is 44.5 Å². The Kier molecular flexibility index (Phi) is 6.49. The number of alkyl halides is 4. The van der Waals surface area contributed by atoms with Gasteiger partial charge in [0.1, 0.15) is 0 Å². The summed E-state index contributed by atoms with van der Waals surface area (Å²) >= 11 is 4.84. The molecule has 0 N–H and O–H groups in total. The molecule has 1 aromatic heterocycles. The molecule has 0 unspecified atom stereocenters. The smallest absolute Gasteiger partial charge is 0.466 e. The van der Waals surface area contributed by atoms with E-state index in [1.165, 1.54) is 6.20 Å². The molecule has 1 heterocycles. The summed E-state index contributed by atoms with van der Waals surface area (Å²) in [6.07, 6.45) is -3.78. The first kappa shape index (κ1) is 17.5. The van der Waals surface area contributed by atoms with Crippen LogP contribution >= 0.6 is 38.5 Å². The molecule has 0 bridgehead atoms. The fraction of sp³-hybridized carbons (Fsp3) is 0.455. The van der Waals surface area contributed by atoms with Gasteiger partial charge in [0.2, 0.25) is 0 Å². The normalized spacial score (nSPS) is 11.3. The minimum atomic E-state index is -4.85. The minimum Gasteiger partial charge on any atom is -0.466 e. The Balaban J connectivity index is 3.21. The number of pyridine rings is 1. The highest BCUT2D eigenvalue weighted by atomic mass is 127. The summed E-state index contributed by atoms with van der Waals surface area (Å²) < 4.78 is 46.6. The van der Waals surface area contributed by atoms with Crippen molar-refractivity contribution in [2.24, 2.45) is 0 Å². The van der Waals surface area contributed by atoms with Crippen LogP contribution in [0.3, 0.4) is 0 Å². The maximum absolute atomic E-state index is 12.5. The standard InChI is InChI=1S/C11H10BrF3INO3/c1-2-19-9(18)3-6-7(16)5-17-8(4-12)10(6)20-11(13,14)15/h5H,2-4H2,1H3. The van der Waals surface area contributed by atoms with E-state index >= 15 is 0 Å². The maximum Gasteiger partial charge on any atom is 0.573 e. The van der Waals surface area contributed by atoms with Crippen LogP contribution < -0.4 is 4.74 Å². The van der Waals surface area contributed by atoms with Crippen LogP contribution in [0.1, 0.15) is 18.2 Å². The third-order valence-electron chi connectivity index (χ3n) is 2.13. The molecule has 0 amide bonds. The molecule has 0 radical (unpaired) electrons. The lowest BCUT2D eigenvalue weighted by atomic mass is 10.1. The van der Waals surface area contributed by atoms with Crippen molar-refractivity contribution in [3.63, 3.8) is 0 Å². The third kappa shape index (κ3) is 5.08. The second kappa shape index (κ2) is 7.43. The van der Waals surface area contributed by atoms with E-state index in [4.69, 9.17) is 4.74 Å². The lowest BCUT2D eigenvalue weighted by Gasteiger charge is -2.16. The first-order valence-electron chi connectivity index (χ1n) is 5.42. The molecule has 0 aliphatic rings. The number of aromatic nitrogens is 1. The second-order valence-electron chi connectivity index (χ2n) is 3.52. The zero-order valence-electron chi connectivity index (χ0n) is 10.3. The van der Waals surface area contributed by atoms with Crippen molar-refractivity contribution in [1.82, 2.24) is 4.98 Å². The fourth-order valence-corrected chi connectivity index (χ4v) is 2.38. The summed E-state index contributed by atoms with van der Waals surface area (Å²) in [7, 11) is 0. The van der Waals surface area contributed by atoms with Gasteiger partial charge in [-0.15, -0.1) is 13.2 Å². The molecule has 0 atom stereocenters. The van der Waals surface area contributed by atoms with Gasteiger partial charge in [-0.05, 0) is 29.5 Å². The topological polar surface area (TPSA) is 48.4 Å². The molecule has 0 saturated heterocycles. The van der Waals surface area contributed by atoms with E-state index in [1.807, 2.05) is 0 Å². The van der Waals surface area contributed by atoms with Gasteiger partial charge < -0.3 is 9.47 Å². The lowest BCUT2D eigenvalue weighted by molar-refractivity contribution is -0.275. The van der Waals surface area contributed by atoms with Crippen LogP contribution in [-0.2, 0) is 21.3 Å². The number of esters is 1. The van der Waals surface area contributed by atoms with E-state index in [-0.39, 0.29) is 29.6 Å².